The third-order valence-corrected chi connectivity index (χ3v) is 3.62. The fourth-order valence-electron chi connectivity index (χ4n) is 2.35. The molecule has 0 aliphatic carbocycles. The van der Waals surface area contributed by atoms with E-state index in [1.54, 1.807) is 23.0 Å². The van der Waals surface area contributed by atoms with Gasteiger partial charge in [-0.05, 0) is 12.1 Å². The molecule has 3 aromatic rings. The number of halogens is 1. The number of benzene rings is 1. The van der Waals surface area contributed by atoms with Crippen molar-refractivity contribution >= 4 is 17.2 Å². The summed E-state index contributed by atoms with van der Waals surface area (Å²) < 4.78 is 3.66. The van der Waals surface area contributed by atoms with Crippen molar-refractivity contribution in [3.8, 4) is 0 Å². The Morgan fingerprint density at radius 3 is 2.68 bits per heavy atom. The molecule has 7 nitrogen and oxygen atoms in total. The van der Waals surface area contributed by atoms with E-state index in [1.807, 2.05) is 48.3 Å². The Morgan fingerprint density at radius 2 is 1.92 bits per heavy atom. The SMILES string of the molecule is C[n+]1cccc(Cn2ncc(N=Nc3ccccc3CO)c2N)c1.[Br-]. The van der Waals surface area contributed by atoms with Crippen LogP contribution in [-0.2, 0) is 20.2 Å². The van der Waals surface area contributed by atoms with Crippen LogP contribution in [0.2, 0.25) is 0 Å². The van der Waals surface area contributed by atoms with Gasteiger partial charge in [-0.2, -0.15) is 5.10 Å². The smallest absolute Gasteiger partial charge is 0.173 e. The number of anilines is 1. The lowest BCUT2D eigenvalue weighted by Gasteiger charge is -2.03. The molecule has 25 heavy (non-hydrogen) atoms. The lowest BCUT2D eigenvalue weighted by atomic mass is 10.2. The summed E-state index contributed by atoms with van der Waals surface area (Å²) in [7, 11) is 1.97. The van der Waals surface area contributed by atoms with E-state index >= 15 is 0 Å². The van der Waals surface area contributed by atoms with Gasteiger partial charge in [0.15, 0.2) is 12.4 Å². The Bertz CT molecular complexity index is 877. The van der Waals surface area contributed by atoms with E-state index in [-0.39, 0.29) is 23.6 Å². The molecule has 0 amide bonds. The number of hydrogen-bond donors (Lipinski definition) is 2. The Morgan fingerprint density at radius 1 is 1.16 bits per heavy atom. The van der Waals surface area contributed by atoms with Crippen molar-refractivity contribution < 1.29 is 26.7 Å². The summed E-state index contributed by atoms with van der Waals surface area (Å²) in [6, 6.07) is 11.3. The maximum atomic E-state index is 9.32. The number of nitrogen functional groups attached to an aromatic ring is 1. The second-order valence-electron chi connectivity index (χ2n) is 5.44. The zero-order valence-electron chi connectivity index (χ0n) is 13.7. The lowest BCUT2D eigenvalue weighted by molar-refractivity contribution is -0.671. The molecule has 0 radical (unpaired) electrons. The van der Waals surface area contributed by atoms with Crippen molar-refractivity contribution in [3.63, 3.8) is 0 Å². The van der Waals surface area contributed by atoms with Crippen LogP contribution in [0.15, 0.2) is 65.2 Å². The van der Waals surface area contributed by atoms with Crippen molar-refractivity contribution in [2.24, 2.45) is 17.3 Å². The van der Waals surface area contributed by atoms with Crippen LogP contribution < -0.4 is 27.3 Å². The zero-order chi connectivity index (χ0) is 16.9. The Labute approximate surface area is 156 Å². The van der Waals surface area contributed by atoms with Crippen LogP contribution in [0.4, 0.5) is 17.2 Å². The maximum absolute atomic E-state index is 9.32. The molecule has 0 aliphatic heterocycles. The standard InChI is InChI=1S/C17H19N6O.BrH/c1-22-8-4-5-13(10-22)11-23-17(18)16(9-19-23)21-20-15-7-3-2-6-14(15)12-24;/h2-10,24H,11-12,18H2,1H3;1H/q+1;/p-1. The largest absolute Gasteiger partial charge is 1.00 e. The van der Waals surface area contributed by atoms with Crippen molar-refractivity contribution in [1.82, 2.24) is 9.78 Å². The summed E-state index contributed by atoms with van der Waals surface area (Å²) in [4.78, 5) is 0. The number of pyridine rings is 1. The maximum Gasteiger partial charge on any atom is 0.173 e. The van der Waals surface area contributed by atoms with Crippen molar-refractivity contribution in [1.29, 1.82) is 0 Å². The highest BCUT2D eigenvalue weighted by Gasteiger charge is 2.09. The minimum atomic E-state index is -0.0883. The highest BCUT2D eigenvalue weighted by atomic mass is 79.9. The highest BCUT2D eigenvalue weighted by molar-refractivity contribution is 5.57. The van der Waals surface area contributed by atoms with E-state index in [1.165, 1.54) is 0 Å². The van der Waals surface area contributed by atoms with Crippen LogP contribution in [0.3, 0.4) is 0 Å². The second kappa shape index (κ2) is 8.50. The van der Waals surface area contributed by atoms with E-state index in [0.717, 1.165) is 5.56 Å². The summed E-state index contributed by atoms with van der Waals surface area (Å²) in [5.41, 5.74) is 9.03. The molecule has 0 atom stereocenters. The van der Waals surface area contributed by atoms with Gasteiger partial charge in [0.05, 0.1) is 25.0 Å². The fourth-order valence-corrected chi connectivity index (χ4v) is 2.35. The number of azo groups is 1. The molecule has 1 aromatic carbocycles. The fraction of sp³-hybridized carbons (Fsp3) is 0.176. The van der Waals surface area contributed by atoms with Crippen LogP contribution in [0.1, 0.15) is 11.1 Å². The molecule has 0 aliphatic rings. The van der Waals surface area contributed by atoms with Gasteiger partial charge in [-0.1, -0.05) is 18.2 Å². The number of aliphatic hydroxyl groups excluding tert-OH is 1. The number of rotatable bonds is 5. The topological polar surface area (TPSA) is 92.7 Å². The average molecular weight is 403 g/mol. The Hall–Kier alpha value is -2.58. The summed E-state index contributed by atoms with van der Waals surface area (Å²) in [6.45, 7) is 0.470. The second-order valence-corrected chi connectivity index (χ2v) is 5.44. The van der Waals surface area contributed by atoms with Gasteiger partial charge in [-0.25, -0.2) is 9.25 Å². The summed E-state index contributed by atoms with van der Waals surface area (Å²) in [5, 5.41) is 21.9. The van der Waals surface area contributed by atoms with E-state index in [0.29, 0.717) is 29.3 Å². The van der Waals surface area contributed by atoms with Crippen LogP contribution in [0.25, 0.3) is 0 Å². The predicted octanol–water partition coefficient (Wildman–Crippen LogP) is -0.750. The van der Waals surface area contributed by atoms with Gasteiger partial charge >= 0.3 is 0 Å². The third-order valence-electron chi connectivity index (χ3n) is 3.62. The Balaban J connectivity index is 0.00000225. The van der Waals surface area contributed by atoms with Crippen molar-refractivity contribution in [3.05, 3.63) is 66.1 Å². The predicted molar refractivity (Wildman–Crippen MR) is 89.9 cm³/mol. The first kappa shape index (κ1) is 18.8. The van der Waals surface area contributed by atoms with Gasteiger partial charge in [0.1, 0.15) is 18.6 Å². The molecule has 0 unspecified atom stereocenters. The van der Waals surface area contributed by atoms with Crippen LogP contribution in [0, 0.1) is 0 Å². The van der Waals surface area contributed by atoms with Gasteiger partial charge in [0.2, 0.25) is 0 Å². The number of nitrogens with two attached hydrogens (primary N) is 1. The first-order valence-electron chi connectivity index (χ1n) is 7.53. The number of hydrogen-bond acceptors (Lipinski definition) is 5. The minimum Gasteiger partial charge on any atom is -1.00 e. The summed E-state index contributed by atoms with van der Waals surface area (Å²) >= 11 is 0. The molecule has 3 rings (SSSR count). The van der Waals surface area contributed by atoms with Gasteiger partial charge in [-0.3, -0.25) is 0 Å². The van der Waals surface area contributed by atoms with E-state index < -0.39 is 0 Å². The van der Waals surface area contributed by atoms with Gasteiger partial charge < -0.3 is 27.8 Å². The number of aromatic nitrogens is 3. The molecule has 0 spiro atoms. The monoisotopic (exact) mass is 402 g/mol. The first-order valence-corrected chi connectivity index (χ1v) is 7.53. The minimum absolute atomic E-state index is 0. The highest BCUT2D eigenvalue weighted by Crippen LogP contribution is 2.26. The lowest BCUT2D eigenvalue weighted by Crippen LogP contribution is -3.00. The number of nitrogens with zero attached hydrogens (tertiary/aromatic N) is 5. The van der Waals surface area contributed by atoms with Crippen molar-refractivity contribution in [2.75, 3.05) is 5.73 Å². The summed E-state index contributed by atoms with van der Waals surface area (Å²) in [6.07, 6.45) is 5.57. The first-order chi connectivity index (χ1) is 11.7. The molecular weight excluding hydrogens is 384 g/mol. The molecule has 2 aromatic heterocycles. The van der Waals surface area contributed by atoms with Gasteiger partial charge in [0, 0.05) is 17.2 Å². The summed E-state index contributed by atoms with van der Waals surface area (Å²) in [5.74, 6) is 0.451. The zero-order valence-corrected chi connectivity index (χ0v) is 15.3. The Kier molecular flexibility index (Phi) is 6.37. The molecule has 8 heteroatoms. The van der Waals surface area contributed by atoms with E-state index in [2.05, 4.69) is 15.3 Å². The van der Waals surface area contributed by atoms with Crippen LogP contribution >= 0.6 is 0 Å². The molecule has 130 valence electrons. The van der Waals surface area contributed by atoms with Crippen LogP contribution in [-0.4, -0.2) is 14.9 Å². The van der Waals surface area contributed by atoms with Gasteiger partial charge in [0.25, 0.3) is 0 Å². The molecule has 2 heterocycles. The molecule has 0 saturated carbocycles. The molecular formula is C17H19BrN6O. The molecule has 3 N–H and O–H groups in total. The average Bonchev–Trinajstić information content (AvgIpc) is 2.93. The third kappa shape index (κ3) is 4.49. The van der Waals surface area contributed by atoms with Crippen LogP contribution in [0.5, 0.6) is 0 Å². The molecule has 0 fully saturated rings. The molecule has 0 bridgehead atoms. The normalized spacial score (nSPS) is 10.8. The van der Waals surface area contributed by atoms with E-state index in [4.69, 9.17) is 5.73 Å². The molecule has 0 saturated heterocycles. The number of aryl methyl sites for hydroxylation is 1. The van der Waals surface area contributed by atoms with Gasteiger partial charge in [-0.15, -0.1) is 10.2 Å². The van der Waals surface area contributed by atoms with E-state index in [9.17, 15) is 5.11 Å². The quantitative estimate of drug-likeness (QED) is 0.434. The number of aliphatic hydroxyl groups is 1. The van der Waals surface area contributed by atoms with Crippen molar-refractivity contribution in [2.45, 2.75) is 13.2 Å².